The van der Waals surface area contributed by atoms with Crippen molar-refractivity contribution in [2.45, 2.75) is 52.5 Å². The summed E-state index contributed by atoms with van der Waals surface area (Å²) in [5.41, 5.74) is 4.48. The van der Waals surface area contributed by atoms with E-state index < -0.39 is 0 Å². The van der Waals surface area contributed by atoms with E-state index in [-0.39, 0.29) is 11.9 Å². The Morgan fingerprint density at radius 2 is 2.10 bits per heavy atom. The number of hydrogen-bond donors (Lipinski definition) is 1. The Morgan fingerprint density at radius 1 is 1.24 bits per heavy atom. The minimum atomic E-state index is 0.0446. The van der Waals surface area contributed by atoms with E-state index in [4.69, 9.17) is 9.40 Å². The fourth-order valence-corrected chi connectivity index (χ4v) is 3.70. The monoisotopic (exact) mass is 391 g/mol. The summed E-state index contributed by atoms with van der Waals surface area (Å²) in [5.74, 6) is 0.987. The molecule has 150 valence electrons. The number of pyridine rings is 1. The molecule has 1 amide bonds. The lowest BCUT2D eigenvalue weighted by molar-refractivity contribution is -0.121. The molecule has 0 aliphatic rings. The molecule has 0 bridgehead atoms. The van der Waals surface area contributed by atoms with Gasteiger partial charge in [0.1, 0.15) is 5.76 Å². The maximum Gasteiger partial charge on any atom is 0.220 e. The number of rotatable bonds is 7. The average Bonchev–Trinajstić information content (AvgIpc) is 3.34. The van der Waals surface area contributed by atoms with Crippen LogP contribution in [0.3, 0.4) is 0 Å². The summed E-state index contributed by atoms with van der Waals surface area (Å²) >= 11 is 0. The van der Waals surface area contributed by atoms with Gasteiger partial charge in [-0.2, -0.15) is 0 Å². The quantitative estimate of drug-likeness (QED) is 0.521. The summed E-state index contributed by atoms with van der Waals surface area (Å²) in [6, 6.07) is 7.80. The molecule has 0 aromatic carbocycles. The molecule has 1 atom stereocenters. The van der Waals surface area contributed by atoms with E-state index in [1.165, 1.54) is 0 Å². The zero-order valence-corrected chi connectivity index (χ0v) is 17.0. The summed E-state index contributed by atoms with van der Waals surface area (Å²) < 4.78 is 7.18. The predicted octanol–water partition coefficient (Wildman–Crippen LogP) is 3.56. The lowest BCUT2D eigenvalue weighted by Crippen LogP contribution is -2.33. The van der Waals surface area contributed by atoms with Crippen molar-refractivity contribution in [3.05, 3.63) is 59.4 Å². The number of nitrogens with zero attached hydrogens (tertiary/aromatic N) is 4. The van der Waals surface area contributed by atoms with Crippen molar-refractivity contribution in [2.24, 2.45) is 0 Å². The van der Waals surface area contributed by atoms with Gasteiger partial charge in [0.2, 0.25) is 5.91 Å². The van der Waals surface area contributed by atoms with E-state index in [1.807, 2.05) is 49.6 Å². The number of carbonyl (C=O) groups excluding carboxylic acids is 1. The zero-order valence-electron chi connectivity index (χ0n) is 17.0. The number of furan rings is 1. The second-order valence-electron chi connectivity index (χ2n) is 7.46. The van der Waals surface area contributed by atoms with Crippen LogP contribution in [0.25, 0.3) is 16.7 Å². The Kier molecular flexibility index (Phi) is 5.29. The molecule has 7 nitrogen and oxygen atoms in total. The van der Waals surface area contributed by atoms with Gasteiger partial charge in [0.05, 0.1) is 11.6 Å². The number of amides is 1. The van der Waals surface area contributed by atoms with Crippen LogP contribution in [0.15, 0.2) is 41.1 Å². The molecule has 4 aromatic heterocycles. The van der Waals surface area contributed by atoms with Gasteiger partial charge in [0.25, 0.3) is 0 Å². The third-order valence-electron chi connectivity index (χ3n) is 5.30. The highest BCUT2D eigenvalue weighted by Gasteiger charge is 2.16. The summed E-state index contributed by atoms with van der Waals surface area (Å²) in [7, 11) is 0. The molecule has 0 radical (unpaired) electrons. The molecule has 0 aliphatic carbocycles. The van der Waals surface area contributed by atoms with Crippen LogP contribution in [0, 0.1) is 13.8 Å². The van der Waals surface area contributed by atoms with Crippen molar-refractivity contribution in [1.82, 2.24) is 24.9 Å². The van der Waals surface area contributed by atoms with Gasteiger partial charge in [-0.25, -0.2) is 14.5 Å². The van der Waals surface area contributed by atoms with Crippen LogP contribution in [0.1, 0.15) is 42.5 Å². The van der Waals surface area contributed by atoms with Gasteiger partial charge in [-0.1, -0.05) is 0 Å². The number of carbonyl (C=O) groups is 1. The highest BCUT2D eigenvalue weighted by Crippen LogP contribution is 2.21. The highest BCUT2D eigenvalue weighted by molar-refractivity contribution is 5.89. The van der Waals surface area contributed by atoms with Crippen molar-refractivity contribution < 1.29 is 9.21 Å². The first kappa shape index (κ1) is 19.1. The van der Waals surface area contributed by atoms with Crippen LogP contribution in [0.4, 0.5) is 0 Å². The molecule has 4 rings (SSSR count). The van der Waals surface area contributed by atoms with Crippen molar-refractivity contribution in [1.29, 1.82) is 0 Å². The lowest BCUT2D eigenvalue weighted by atomic mass is 10.1. The maximum atomic E-state index is 12.4. The first-order valence-corrected chi connectivity index (χ1v) is 9.94. The first-order valence-electron chi connectivity index (χ1n) is 9.94. The molecule has 4 heterocycles. The van der Waals surface area contributed by atoms with Gasteiger partial charge in [-0.05, 0) is 63.4 Å². The van der Waals surface area contributed by atoms with Gasteiger partial charge in [-0.3, -0.25) is 4.79 Å². The smallest absolute Gasteiger partial charge is 0.220 e. The molecule has 4 aromatic rings. The number of aryl methyl sites for hydroxylation is 3. The van der Waals surface area contributed by atoms with Crippen LogP contribution in [0.5, 0.6) is 0 Å². The minimum Gasteiger partial charge on any atom is -0.469 e. The summed E-state index contributed by atoms with van der Waals surface area (Å²) in [4.78, 5) is 21.5. The molecular formula is C22H25N5O2. The Labute approximate surface area is 169 Å². The van der Waals surface area contributed by atoms with Gasteiger partial charge in [0.15, 0.2) is 11.3 Å². The molecule has 7 heteroatoms. The largest absolute Gasteiger partial charge is 0.469 e. The standard InChI is InChI=1S/C22H25N5O2/c1-14(8-9-17-6-5-13-29-17)24-20(28)11-10-18-15(2)25-22-19-7-4-12-23-21(19)26-27(22)16(18)3/h4-7,12-14H,8-11H2,1-3H3,(H,24,28)/t14-/m0/s1. The van der Waals surface area contributed by atoms with Crippen molar-refractivity contribution in [3.63, 3.8) is 0 Å². The second-order valence-corrected chi connectivity index (χ2v) is 7.46. The third kappa shape index (κ3) is 3.99. The molecule has 0 saturated heterocycles. The van der Waals surface area contributed by atoms with E-state index in [2.05, 4.69) is 15.4 Å². The number of nitrogens with one attached hydrogen (secondary N) is 1. The van der Waals surface area contributed by atoms with Crippen molar-refractivity contribution >= 4 is 22.6 Å². The van der Waals surface area contributed by atoms with Crippen LogP contribution in [-0.4, -0.2) is 31.5 Å². The van der Waals surface area contributed by atoms with Gasteiger partial charge in [-0.15, -0.1) is 5.10 Å². The maximum absolute atomic E-state index is 12.4. The number of hydrogen-bond acceptors (Lipinski definition) is 5. The summed E-state index contributed by atoms with van der Waals surface area (Å²) in [5, 5.41) is 8.59. The normalized spacial score (nSPS) is 12.5. The van der Waals surface area contributed by atoms with Crippen molar-refractivity contribution in [2.75, 3.05) is 0 Å². The third-order valence-corrected chi connectivity index (χ3v) is 5.30. The first-order chi connectivity index (χ1) is 14.0. The highest BCUT2D eigenvalue weighted by atomic mass is 16.3. The lowest BCUT2D eigenvalue weighted by Gasteiger charge is -2.14. The summed E-state index contributed by atoms with van der Waals surface area (Å²) in [6.45, 7) is 6.03. The Balaban J connectivity index is 1.42. The Bertz CT molecular complexity index is 1150. The van der Waals surface area contributed by atoms with Crippen LogP contribution in [0.2, 0.25) is 0 Å². The van der Waals surface area contributed by atoms with E-state index in [0.717, 1.165) is 46.6 Å². The minimum absolute atomic E-state index is 0.0446. The van der Waals surface area contributed by atoms with Crippen LogP contribution < -0.4 is 5.32 Å². The van der Waals surface area contributed by atoms with Crippen molar-refractivity contribution in [3.8, 4) is 0 Å². The molecule has 29 heavy (non-hydrogen) atoms. The number of aromatic nitrogens is 4. The molecular weight excluding hydrogens is 366 g/mol. The fraction of sp³-hybridized carbons (Fsp3) is 0.364. The average molecular weight is 391 g/mol. The number of fused-ring (bicyclic) bond motifs is 3. The topological polar surface area (TPSA) is 85.3 Å². The van der Waals surface area contributed by atoms with E-state index in [1.54, 1.807) is 12.5 Å². The second kappa shape index (κ2) is 8.03. The Morgan fingerprint density at radius 3 is 2.90 bits per heavy atom. The molecule has 0 unspecified atom stereocenters. The zero-order chi connectivity index (χ0) is 20.4. The van der Waals surface area contributed by atoms with E-state index >= 15 is 0 Å². The molecule has 1 N–H and O–H groups in total. The molecule has 0 saturated carbocycles. The van der Waals surface area contributed by atoms with E-state index in [9.17, 15) is 4.79 Å². The van der Waals surface area contributed by atoms with E-state index in [0.29, 0.717) is 18.5 Å². The van der Waals surface area contributed by atoms with Gasteiger partial charge in [0, 0.05) is 36.5 Å². The van der Waals surface area contributed by atoms with Crippen LogP contribution in [-0.2, 0) is 17.6 Å². The molecule has 0 aliphatic heterocycles. The summed E-state index contributed by atoms with van der Waals surface area (Å²) in [6.07, 6.45) is 6.11. The fourth-order valence-electron chi connectivity index (χ4n) is 3.70. The van der Waals surface area contributed by atoms with Crippen LogP contribution >= 0.6 is 0 Å². The SMILES string of the molecule is Cc1nc2c3cccnc3nn2c(C)c1CCC(=O)N[C@@H](C)CCc1ccco1. The Hall–Kier alpha value is -3.22. The van der Waals surface area contributed by atoms with Gasteiger partial charge >= 0.3 is 0 Å². The predicted molar refractivity (Wildman–Crippen MR) is 111 cm³/mol. The van der Waals surface area contributed by atoms with Gasteiger partial charge < -0.3 is 9.73 Å². The molecule has 0 spiro atoms. The molecule has 0 fully saturated rings.